The molecule has 0 fully saturated rings. The first-order valence-corrected chi connectivity index (χ1v) is 5.30. The van der Waals surface area contributed by atoms with Gasteiger partial charge in [-0.2, -0.15) is 0 Å². The van der Waals surface area contributed by atoms with Gasteiger partial charge in [0.1, 0.15) is 0 Å². The van der Waals surface area contributed by atoms with E-state index in [0.717, 1.165) is 31.9 Å². The summed E-state index contributed by atoms with van der Waals surface area (Å²) in [6, 6.07) is 5.25. The van der Waals surface area contributed by atoms with Crippen LogP contribution in [0.25, 0.3) is 0 Å². The van der Waals surface area contributed by atoms with Gasteiger partial charge in [0, 0.05) is 31.4 Å². The third-order valence-electron chi connectivity index (χ3n) is 2.19. The maximum Gasteiger partial charge on any atom is 0.248 e. The molecule has 1 aromatic heterocycles. The summed E-state index contributed by atoms with van der Waals surface area (Å²) in [6.07, 6.45) is 0. The van der Waals surface area contributed by atoms with E-state index in [1.807, 2.05) is 13.1 Å². The van der Waals surface area contributed by atoms with E-state index in [2.05, 4.69) is 22.1 Å². The molecule has 84 valence electrons. The van der Waals surface area contributed by atoms with Crippen LogP contribution < -0.4 is 10.9 Å². The van der Waals surface area contributed by atoms with E-state index in [-0.39, 0.29) is 5.56 Å². The predicted molar refractivity (Wildman–Crippen MR) is 61.9 cm³/mol. The van der Waals surface area contributed by atoms with E-state index in [9.17, 15) is 4.79 Å². The minimum Gasteiger partial charge on any atom is -0.325 e. The van der Waals surface area contributed by atoms with E-state index in [1.165, 1.54) is 6.07 Å². The molecule has 0 saturated heterocycles. The molecule has 0 aliphatic heterocycles. The predicted octanol–water partition coefficient (Wildman–Crippen LogP) is 0.416. The van der Waals surface area contributed by atoms with Gasteiger partial charge in [0.05, 0.1) is 0 Å². The third kappa shape index (κ3) is 4.76. The average molecular weight is 209 g/mol. The molecule has 0 atom stereocenters. The van der Waals surface area contributed by atoms with Crippen molar-refractivity contribution in [3.63, 3.8) is 0 Å². The van der Waals surface area contributed by atoms with Crippen molar-refractivity contribution in [3.8, 4) is 0 Å². The van der Waals surface area contributed by atoms with Gasteiger partial charge in [0.15, 0.2) is 0 Å². The van der Waals surface area contributed by atoms with E-state index in [1.54, 1.807) is 6.07 Å². The average Bonchev–Trinajstić information content (AvgIpc) is 2.18. The number of H-pyrrole nitrogens is 1. The van der Waals surface area contributed by atoms with Crippen LogP contribution >= 0.6 is 0 Å². The Kier molecular flexibility index (Phi) is 5.07. The summed E-state index contributed by atoms with van der Waals surface area (Å²) in [6.45, 7) is 5.82. The molecule has 0 radical (unpaired) electrons. The summed E-state index contributed by atoms with van der Waals surface area (Å²) >= 11 is 0. The van der Waals surface area contributed by atoms with Gasteiger partial charge in [-0.05, 0) is 19.7 Å². The Hall–Kier alpha value is -1.13. The number of rotatable bonds is 6. The van der Waals surface area contributed by atoms with Gasteiger partial charge in [-0.1, -0.05) is 13.0 Å². The van der Waals surface area contributed by atoms with Crippen LogP contribution in [0.4, 0.5) is 0 Å². The van der Waals surface area contributed by atoms with E-state index < -0.39 is 0 Å². The fourth-order valence-electron chi connectivity index (χ4n) is 1.40. The highest BCUT2D eigenvalue weighted by atomic mass is 16.1. The lowest BCUT2D eigenvalue weighted by molar-refractivity contribution is 0.321. The standard InChI is InChI=1S/C11H19N3O/c1-3-12-7-8-14(2)9-10-5-4-6-11(15)13-10/h4-6,12H,3,7-9H2,1-2H3,(H,13,15). The Morgan fingerprint density at radius 1 is 1.47 bits per heavy atom. The summed E-state index contributed by atoms with van der Waals surface area (Å²) in [4.78, 5) is 16.0. The zero-order valence-corrected chi connectivity index (χ0v) is 9.42. The molecular formula is C11H19N3O. The molecule has 15 heavy (non-hydrogen) atoms. The van der Waals surface area contributed by atoms with Crippen LogP contribution in [-0.4, -0.2) is 36.6 Å². The van der Waals surface area contributed by atoms with Gasteiger partial charge in [-0.3, -0.25) is 9.69 Å². The molecule has 1 aromatic rings. The summed E-state index contributed by atoms with van der Waals surface area (Å²) < 4.78 is 0. The number of likely N-dealkylation sites (N-methyl/N-ethyl adjacent to an activating group) is 2. The number of aromatic nitrogens is 1. The quantitative estimate of drug-likeness (QED) is 0.667. The number of hydrogen-bond donors (Lipinski definition) is 2. The Bertz CT molecular complexity index is 335. The smallest absolute Gasteiger partial charge is 0.248 e. The minimum absolute atomic E-state index is 0.0346. The SMILES string of the molecule is CCNCCN(C)Cc1cccc(=O)[nH]1. The molecule has 4 heteroatoms. The van der Waals surface area contributed by atoms with Gasteiger partial charge in [0.2, 0.25) is 5.56 Å². The summed E-state index contributed by atoms with van der Waals surface area (Å²) in [5.41, 5.74) is 0.925. The van der Waals surface area contributed by atoms with Gasteiger partial charge in [-0.25, -0.2) is 0 Å². The van der Waals surface area contributed by atoms with Crippen LogP contribution in [0.3, 0.4) is 0 Å². The second kappa shape index (κ2) is 6.37. The van der Waals surface area contributed by atoms with E-state index in [0.29, 0.717) is 0 Å². The lowest BCUT2D eigenvalue weighted by Crippen LogP contribution is -2.29. The zero-order chi connectivity index (χ0) is 11.1. The van der Waals surface area contributed by atoms with E-state index in [4.69, 9.17) is 0 Å². The maximum absolute atomic E-state index is 11.0. The highest BCUT2D eigenvalue weighted by molar-refractivity contribution is 5.03. The first kappa shape index (κ1) is 11.9. The molecule has 0 aliphatic rings. The molecule has 0 unspecified atom stereocenters. The van der Waals surface area contributed by atoms with Crippen LogP contribution in [0.15, 0.2) is 23.0 Å². The fraction of sp³-hybridized carbons (Fsp3) is 0.545. The van der Waals surface area contributed by atoms with Crippen molar-refractivity contribution in [1.29, 1.82) is 0 Å². The Morgan fingerprint density at radius 3 is 2.93 bits per heavy atom. The molecule has 1 rings (SSSR count). The molecule has 0 saturated carbocycles. The number of nitrogens with one attached hydrogen (secondary N) is 2. The van der Waals surface area contributed by atoms with E-state index >= 15 is 0 Å². The Balaban J connectivity index is 2.37. The Morgan fingerprint density at radius 2 is 2.27 bits per heavy atom. The van der Waals surface area contributed by atoms with Crippen LogP contribution in [0.2, 0.25) is 0 Å². The highest BCUT2D eigenvalue weighted by Crippen LogP contribution is 1.95. The van der Waals surface area contributed by atoms with Crippen molar-refractivity contribution in [3.05, 3.63) is 34.2 Å². The normalized spacial score (nSPS) is 10.9. The molecular weight excluding hydrogens is 190 g/mol. The highest BCUT2D eigenvalue weighted by Gasteiger charge is 1.99. The van der Waals surface area contributed by atoms with Crippen LogP contribution in [0.1, 0.15) is 12.6 Å². The minimum atomic E-state index is -0.0346. The lowest BCUT2D eigenvalue weighted by atomic mass is 10.3. The van der Waals surface area contributed by atoms with Crippen LogP contribution in [-0.2, 0) is 6.54 Å². The number of nitrogens with zero attached hydrogens (tertiary/aromatic N) is 1. The van der Waals surface area contributed by atoms with Crippen molar-refractivity contribution < 1.29 is 0 Å². The first-order chi connectivity index (χ1) is 7.22. The number of hydrogen-bond acceptors (Lipinski definition) is 3. The largest absolute Gasteiger partial charge is 0.325 e. The van der Waals surface area contributed by atoms with Crippen molar-refractivity contribution >= 4 is 0 Å². The van der Waals surface area contributed by atoms with Gasteiger partial charge < -0.3 is 10.3 Å². The summed E-state index contributed by atoms with van der Waals surface area (Å²) in [5.74, 6) is 0. The third-order valence-corrected chi connectivity index (χ3v) is 2.19. The molecule has 0 bridgehead atoms. The number of pyridine rings is 1. The molecule has 0 amide bonds. The zero-order valence-electron chi connectivity index (χ0n) is 9.42. The maximum atomic E-state index is 11.0. The molecule has 0 aromatic carbocycles. The van der Waals surface area contributed by atoms with Crippen LogP contribution in [0.5, 0.6) is 0 Å². The van der Waals surface area contributed by atoms with Crippen molar-refractivity contribution in [2.75, 3.05) is 26.7 Å². The van der Waals surface area contributed by atoms with Crippen molar-refractivity contribution in [1.82, 2.24) is 15.2 Å². The molecule has 4 nitrogen and oxygen atoms in total. The fourth-order valence-corrected chi connectivity index (χ4v) is 1.40. The Labute approximate surface area is 90.3 Å². The van der Waals surface area contributed by atoms with Gasteiger partial charge in [-0.15, -0.1) is 0 Å². The lowest BCUT2D eigenvalue weighted by Gasteiger charge is -2.16. The summed E-state index contributed by atoms with van der Waals surface area (Å²) in [5, 5.41) is 3.26. The van der Waals surface area contributed by atoms with Crippen molar-refractivity contribution in [2.45, 2.75) is 13.5 Å². The van der Waals surface area contributed by atoms with Gasteiger partial charge in [0.25, 0.3) is 0 Å². The summed E-state index contributed by atoms with van der Waals surface area (Å²) in [7, 11) is 2.04. The number of aromatic amines is 1. The topological polar surface area (TPSA) is 48.1 Å². The van der Waals surface area contributed by atoms with Gasteiger partial charge >= 0.3 is 0 Å². The molecule has 2 N–H and O–H groups in total. The monoisotopic (exact) mass is 209 g/mol. The molecule has 1 heterocycles. The molecule has 0 aliphatic carbocycles. The molecule has 0 spiro atoms. The van der Waals surface area contributed by atoms with Crippen molar-refractivity contribution in [2.24, 2.45) is 0 Å². The van der Waals surface area contributed by atoms with Crippen LogP contribution in [0, 0.1) is 0 Å². The first-order valence-electron chi connectivity index (χ1n) is 5.30. The second-order valence-electron chi connectivity index (χ2n) is 3.63. The second-order valence-corrected chi connectivity index (χ2v) is 3.63.